The van der Waals surface area contributed by atoms with E-state index in [1.807, 2.05) is 0 Å². The first-order chi connectivity index (χ1) is 12.4. The molecular formula is C19H13F4NO2. The van der Waals surface area contributed by atoms with Gasteiger partial charge in [0.2, 0.25) is 34.8 Å². The summed E-state index contributed by atoms with van der Waals surface area (Å²) in [7, 11) is 0. The highest BCUT2D eigenvalue weighted by molar-refractivity contribution is 5.46. The molecule has 0 amide bonds. The molecule has 0 aromatic heterocycles. The monoisotopic (exact) mass is 363 g/mol. The Morgan fingerprint density at radius 3 is 1.35 bits per heavy atom. The van der Waals surface area contributed by atoms with Crippen molar-refractivity contribution in [3.63, 3.8) is 0 Å². The topological polar surface area (TPSA) is 44.5 Å². The number of ether oxygens (including phenoxy) is 2. The van der Waals surface area contributed by atoms with Crippen LogP contribution in [0.25, 0.3) is 0 Å². The van der Waals surface area contributed by atoms with Gasteiger partial charge in [-0.05, 0) is 43.3 Å². The summed E-state index contributed by atoms with van der Waals surface area (Å²) in [5.74, 6) is -9.22. The van der Waals surface area contributed by atoms with Gasteiger partial charge in [0.1, 0.15) is 11.5 Å². The van der Waals surface area contributed by atoms with E-state index in [4.69, 9.17) is 15.2 Å². The van der Waals surface area contributed by atoms with Crippen LogP contribution in [0.2, 0.25) is 0 Å². The molecule has 26 heavy (non-hydrogen) atoms. The predicted molar refractivity (Wildman–Crippen MR) is 88.5 cm³/mol. The van der Waals surface area contributed by atoms with Gasteiger partial charge in [0.05, 0.1) is 0 Å². The van der Waals surface area contributed by atoms with Crippen LogP contribution in [0.4, 0.5) is 23.2 Å². The minimum absolute atomic E-state index is 0.0272. The molecule has 0 atom stereocenters. The number of anilines is 1. The van der Waals surface area contributed by atoms with E-state index in [1.165, 1.54) is 36.4 Å². The third-order valence-corrected chi connectivity index (χ3v) is 3.52. The van der Waals surface area contributed by atoms with Crippen molar-refractivity contribution in [2.75, 3.05) is 5.73 Å². The molecule has 0 aliphatic carbocycles. The summed E-state index contributed by atoms with van der Waals surface area (Å²) in [5.41, 5.74) is 6.75. The summed E-state index contributed by atoms with van der Waals surface area (Å²) in [6, 6.07) is 11.5. The average Bonchev–Trinajstić information content (AvgIpc) is 2.64. The SMILES string of the molecule is Cc1ccc(Oc2c(F)c(F)c(Oc3ccc(N)cc3)c(F)c2F)cc1. The maximum Gasteiger partial charge on any atom is 0.208 e. The van der Waals surface area contributed by atoms with Crippen LogP contribution in [-0.2, 0) is 0 Å². The molecule has 0 aliphatic rings. The van der Waals surface area contributed by atoms with Crippen LogP contribution in [0, 0.1) is 30.2 Å². The van der Waals surface area contributed by atoms with Crippen molar-refractivity contribution < 1.29 is 27.0 Å². The zero-order valence-electron chi connectivity index (χ0n) is 13.5. The number of rotatable bonds is 4. The zero-order chi connectivity index (χ0) is 18.8. The molecule has 0 radical (unpaired) electrons. The van der Waals surface area contributed by atoms with Crippen molar-refractivity contribution in [3.05, 3.63) is 77.4 Å². The quantitative estimate of drug-likeness (QED) is 0.366. The molecule has 2 N–H and O–H groups in total. The molecule has 0 spiro atoms. The Morgan fingerprint density at radius 1 is 0.615 bits per heavy atom. The Morgan fingerprint density at radius 2 is 0.962 bits per heavy atom. The van der Waals surface area contributed by atoms with Gasteiger partial charge in [-0.1, -0.05) is 17.7 Å². The number of nitrogen functional groups attached to an aromatic ring is 1. The van der Waals surface area contributed by atoms with Gasteiger partial charge in [-0.2, -0.15) is 17.6 Å². The molecule has 134 valence electrons. The number of nitrogens with two attached hydrogens (primary N) is 1. The average molecular weight is 363 g/mol. The van der Waals surface area contributed by atoms with Crippen molar-refractivity contribution in [1.29, 1.82) is 0 Å². The smallest absolute Gasteiger partial charge is 0.208 e. The molecular weight excluding hydrogens is 350 g/mol. The van der Waals surface area contributed by atoms with Crippen molar-refractivity contribution in [2.24, 2.45) is 0 Å². The molecule has 0 saturated heterocycles. The normalized spacial score (nSPS) is 10.7. The zero-order valence-corrected chi connectivity index (χ0v) is 13.5. The van der Waals surface area contributed by atoms with Crippen LogP contribution in [-0.4, -0.2) is 0 Å². The van der Waals surface area contributed by atoms with Crippen molar-refractivity contribution in [2.45, 2.75) is 6.92 Å². The highest BCUT2D eigenvalue weighted by Gasteiger charge is 2.29. The van der Waals surface area contributed by atoms with Crippen molar-refractivity contribution in [1.82, 2.24) is 0 Å². The molecule has 3 aromatic carbocycles. The predicted octanol–water partition coefficient (Wildman–Crippen LogP) is 5.72. The lowest BCUT2D eigenvalue weighted by atomic mass is 10.2. The van der Waals surface area contributed by atoms with Crippen LogP contribution in [0.15, 0.2) is 48.5 Å². The van der Waals surface area contributed by atoms with Gasteiger partial charge in [-0.3, -0.25) is 0 Å². The first kappa shape index (κ1) is 17.6. The molecule has 7 heteroatoms. The second-order valence-electron chi connectivity index (χ2n) is 5.50. The summed E-state index contributed by atoms with van der Waals surface area (Å²) in [6.07, 6.45) is 0. The fourth-order valence-corrected chi connectivity index (χ4v) is 2.15. The van der Waals surface area contributed by atoms with Gasteiger partial charge in [0.15, 0.2) is 0 Å². The van der Waals surface area contributed by atoms with E-state index in [0.717, 1.165) is 5.56 Å². The Balaban J connectivity index is 1.98. The molecule has 0 saturated carbocycles. The maximum absolute atomic E-state index is 14.2. The van der Waals surface area contributed by atoms with E-state index in [-0.39, 0.29) is 11.5 Å². The molecule has 0 unspecified atom stereocenters. The van der Waals surface area contributed by atoms with Gasteiger partial charge in [0, 0.05) is 5.69 Å². The van der Waals surface area contributed by atoms with E-state index in [2.05, 4.69) is 0 Å². The summed E-state index contributed by atoms with van der Waals surface area (Å²) in [6.45, 7) is 1.80. The fourth-order valence-electron chi connectivity index (χ4n) is 2.15. The standard InChI is InChI=1S/C19H13F4NO2/c1-10-2-6-12(7-3-10)25-18-14(20)16(22)19(17(23)15(18)21)26-13-8-4-11(24)5-9-13/h2-9H,24H2,1H3. The second kappa shape index (κ2) is 6.95. The molecule has 3 rings (SSSR count). The second-order valence-corrected chi connectivity index (χ2v) is 5.50. The van der Waals surface area contributed by atoms with Crippen LogP contribution in [0.3, 0.4) is 0 Å². The van der Waals surface area contributed by atoms with Crippen molar-refractivity contribution >= 4 is 5.69 Å². The molecule has 0 heterocycles. The molecule has 0 aliphatic heterocycles. The number of hydrogen-bond donors (Lipinski definition) is 1. The summed E-state index contributed by atoms with van der Waals surface area (Å²) < 4.78 is 66.8. The van der Waals surface area contributed by atoms with E-state index in [0.29, 0.717) is 5.69 Å². The molecule has 0 fully saturated rings. The Labute approximate surface area is 146 Å². The Bertz CT molecular complexity index is 834. The minimum Gasteiger partial charge on any atom is -0.451 e. The van der Waals surface area contributed by atoms with Crippen LogP contribution in [0.1, 0.15) is 5.56 Å². The van der Waals surface area contributed by atoms with Crippen LogP contribution < -0.4 is 15.2 Å². The number of hydrogen-bond acceptors (Lipinski definition) is 3. The number of halogens is 4. The summed E-state index contributed by atoms with van der Waals surface area (Å²) in [5, 5.41) is 0. The number of benzene rings is 3. The van der Waals surface area contributed by atoms with Gasteiger partial charge < -0.3 is 15.2 Å². The highest BCUT2D eigenvalue weighted by Crippen LogP contribution is 2.38. The van der Waals surface area contributed by atoms with E-state index >= 15 is 0 Å². The summed E-state index contributed by atoms with van der Waals surface area (Å²) in [4.78, 5) is 0. The number of aryl methyl sites for hydroxylation is 1. The largest absolute Gasteiger partial charge is 0.451 e. The molecule has 0 bridgehead atoms. The summed E-state index contributed by atoms with van der Waals surface area (Å²) >= 11 is 0. The molecule has 3 nitrogen and oxygen atoms in total. The molecule has 3 aromatic rings. The van der Waals surface area contributed by atoms with Gasteiger partial charge in [-0.15, -0.1) is 0 Å². The lowest BCUT2D eigenvalue weighted by Crippen LogP contribution is -2.04. The minimum atomic E-state index is -1.71. The Kier molecular flexibility index (Phi) is 4.71. The lowest BCUT2D eigenvalue weighted by Gasteiger charge is -2.13. The van der Waals surface area contributed by atoms with Gasteiger partial charge in [0.25, 0.3) is 0 Å². The maximum atomic E-state index is 14.2. The van der Waals surface area contributed by atoms with Gasteiger partial charge in [-0.25, -0.2) is 0 Å². The fraction of sp³-hybridized carbons (Fsp3) is 0.0526. The highest BCUT2D eigenvalue weighted by atomic mass is 19.2. The van der Waals surface area contributed by atoms with Crippen molar-refractivity contribution in [3.8, 4) is 23.0 Å². The van der Waals surface area contributed by atoms with E-state index in [9.17, 15) is 17.6 Å². The lowest BCUT2D eigenvalue weighted by molar-refractivity contribution is 0.330. The van der Waals surface area contributed by atoms with E-state index < -0.39 is 34.8 Å². The van der Waals surface area contributed by atoms with E-state index in [1.54, 1.807) is 19.1 Å². The van der Waals surface area contributed by atoms with Gasteiger partial charge >= 0.3 is 0 Å². The third-order valence-electron chi connectivity index (χ3n) is 3.52. The van der Waals surface area contributed by atoms with Crippen LogP contribution >= 0.6 is 0 Å². The van der Waals surface area contributed by atoms with Crippen LogP contribution in [0.5, 0.6) is 23.0 Å². The first-order valence-corrected chi connectivity index (χ1v) is 7.50. The third kappa shape index (κ3) is 3.42. The first-order valence-electron chi connectivity index (χ1n) is 7.50. The Hall–Kier alpha value is -3.22.